The summed E-state index contributed by atoms with van der Waals surface area (Å²) in [6, 6.07) is 0.300. The molecule has 0 heterocycles. The van der Waals surface area contributed by atoms with Gasteiger partial charge in [0.15, 0.2) is 0 Å². The van der Waals surface area contributed by atoms with E-state index >= 15 is 0 Å². The fraction of sp³-hybridized carbons (Fsp3) is 0.966. The molecule has 3 heteroatoms. The summed E-state index contributed by atoms with van der Waals surface area (Å²) in [5.41, 5.74) is 0.857. The average molecular weight is 446 g/mol. The summed E-state index contributed by atoms with van der Waals surface area (Å²) in [4.78, 5) is 12.5. The molecule has 0 saturated heterocycles. The summed E-state index contributed by atoms with van der Waals surface area (Å²) in [5.74, 6) is 4.52. The Morgan fingerprint density at radius 1 is 0.875 bits per heavy atom. The first-order valence-electron chi connectivity index (χ1n) is 13.9. The lowest BCUT2D eigenvalue weighted by Crippen LogP contribution is -2.60. The van der Waals surface area contributed by atoms with Crippen molar-refractivity contribution in [3.8, 4) is 0 Å². The summed E-state index contributed by atoms with van der Waals surface area (Å²) in [7, 11) is 0. The predicted molar refractivity (Wildman–Crippen MR) is 132 cm³/mol. The molecule has 4 aliphatic carbocycles. The van der Waals surface area contributed by atoms with E-state index in [1.807, 2.05) is 0 Å². The highest BCUT2D eigenvalue weighted by Gasteiger charge is 2.64. The highest BCUT2D eigenvalue weighted by atomic mass is 16.3. The highest BCUT2D eigenvalue weighted by molar-refractivity contribution is 5.76. The molecule has 0 radical (unpaired) electrons. The maximum atomic E-state index is 12.5. The molecule has 4 aliphatic rings. The molecule has 0 aliphatic heterocycles. The predicted octanol–water partition coefficient (Wildman–Crippen LogP) is 6.58. The lowest BCUT2D eigenvalue weighted by atomic mass is 9.40. The van der Waals surface area contributed by atoms with E-state index in [1.165, 1.54) is 44.9 Å². The molecule has 4 saturated carbocycles. The molecule has 9 atom stereocenters. The summed E-state index contributed by atoms with van der Waals surface area (Å²) < 4.78 is 0. The van der Waals surface area contributed by atoms with Crippen LogP contribution in [0.15, 0.2) is 0 Å². The number of carbonyl (C=O) groups is 1. The fourth-order valence-corrected chi connectivity index (χ4v) is 9.72. The Morgan fingerprint density at radius 2 is 1.47 bits per heavy atom. The van der Waals surface area contributed by atoms with Crippen molar-refractivity contribution >= 4 is 5.91 Å². The van der Waals surface area contributed by atoms with Crippen LogP contribution in [0.25, 0.3) is 0 Å². The first-order valence-corrected chi connectivity index (χ1v) is 13.9. The smallest absolute Gasteiger partial charge is 0.220 e. The van der Waals surface area contributed by atoms with Crippen LogP contribution in [0.1, 0.15) is 113 Å². The van der Waals surface area contributed by atoms with Gasteiger partial charge in [-0.2, -0.15) is 0 Å². The van der Waals surface area contributed by atoms with Crippen LogP contribution in [0.2, 0.25) is 0 Å². The van der Waals surface area contributed by atoms with E-state index in [1.54, 1.807) is 0 Å². The molecule has 0 spiro atoms. The molecule has 0 unspecified atom stereocenters. The number of aliphatic hydroxyl groups is 1. The Kier molecular flexibility index (Phi) is 6.58. The number of nitrogens with one attached hydrogen (secondary N) is 1. The van der Waals surface area contributed by atoms with E-state index < -0.39 is 0 Å². The quantitative estimate of drug-likeness (QED) is 0.502. The topological polar surface area (TPSA) is 49.3 Å². The van der Waals surface area contributed by atoms with Gasteiger partial charge in [0.2, 0.25) is 5.91 Å². The van der Waals surface area contributed by atoms with Gasteiger partial charge in [-0.3, -0.25) is 4.79 Å². The van der Waals surface area contributed by atoms with Gasteiger partial charge < -0.3 is 10.4 Å². The van der Waals surface area contributed by atoms with Crippen LogP contribution in [-0.2, 0) is 4.79 Å². The number of carbonyl (C=O) groups excluding carboxylic acids is 1. The van der Waals surface area contributed by atoms with E-state index in [4.69, 9.17) is 0 Å². The molecular weight excluding hydrogens is 394 g/mol. The second-order valence-electron chi connectivity index (χ2n) is 13.9. The first kappa shape index (κ1) is 24.6. The van der Waals surface area contributed by atoms with Crippen molar-refractivity contribution < 1.29 is 9.90 Å². The number of aliphatic hydroxyl groups excluding tert-OH is 1. The molecule has 3 nitrogen and oxygen atoms in total. The van der Waals surface area contributed by atoms with Crippen LogP contribution in [0.5, 0.6) is 0 Å². The lowest BCUT2D eigenvalue weighted by molar-refractivity contribution is -0.184. The van der Waals surface area contributed by atoms with Crippen molar-refractivity contribution in [1.29, 1.82) is 0 Å². The highest BCUT2D eigenvalue weighted by Crippen LogP contribution is 2.70. The summed E-state index contributed by atoms with van der Waals surface area (Å²) in [6.45, 7) is 16.6. The Hall–Kier alpha value is -0.570. The van der Waals surface area contributed by atoms with E-state index in [9.17, 15) is 9.90 Å². The number of amides is 1. The minimum Gasteiger partial charge on any atom is -0.393 e. The van der Waals surface area contributed by atoms with Gasteiger partial charge >= 0.3 is 0 Å². The van der Waals surface area contributed by atoms with Crippen molar-refractivity contribution in [2.45, 2.75) is 125 Å². The van der Waals surface area contributed by atoms with Crippen LogP contribution in [0.3, 0.4) is 0 Å². The Bertz CT molecular complexity index is 701. The van der Waals surface area contributed by atoms with E-state index in [2.05, 4.69) is 53.8 Å². The van der Waals surface area contributed by atoms with Gasteiger partial charge in [0, 0.05) is 12.5 Å². The van der Waals surface area contributed by atoms with E-state index in [-0.39, 0.29) is 17.4 Å². The zero-order chi connectivity index (χ0) is 23.5. The minimum atomic E-state index is -0.139. The van der Waals surface area contributed by atoms with Gasteiger partial charge in [0.25, 0.3) is 0 Å². The number of fused-ring (bicyclic) bond motifs is 5. The van der Waals surface area contributed by atoms with Crippen LogP contribution >= 0.6 is 0 Å². The summed E-state index contributed by atoms with van der Waals surface area (Å²) >= 11 is 0. The molecule has 0 aromatic heterocycles. The van der Waals surface area contributed by atoms with E-state index in [0.29, 0.717) is 41.0 Å². The molecule has 0 bridgehead atoms. The standard InChI is InChI=1S/C29H51NO2/c1-18(2)8-13-26(32)30-19(3)20-14-16-28(6)21(20)9-10-23-22(28)11-12-24-27(4,5)25(31)15-17-29(23,24)7/h18-25,31H,8-17H2,1-7H3,(H,30,32)/t19-,20+,21+,22+,23-,24-,25-,28+,29+/m0/s1. The molecule has 32 heavy (non-hydrogen) atoms. The van der Waals surface area contributed by atoms with Crippen molar-refractivity contribution in [2.75, 3.05) is 0 Å². The summed E-state index contributed by atoms with van der Waals surface area (Å²) in [5, 5.41) is 14.2. The Morgan fingerprint density at radius 3 is 2.16 bits per heavy atom. The lowest BCUT2D eigenvalue weighted by Gasteiger charge is -2.65. The molecule has 2 N–H and O–H groups in total. The number of rotatable bonds is 5. The van der Waals surface area contributed by atoms with Gasteiger partial charge in [-0.15, -0.1) is 0 Å². The van der Waals surface area contributed by atoms with Crippen LogP contribution in [0.4, 0.5) is 0 Å². The minimum absolute atomic E-state index is 0.0444. The molecule has 184 valence electrons. The van der Waals surface area contributed by atoms with Crippen molar-refractivity contribution in [3.05, 3.63) is 0 Å². The Balaban J connectivity index is 1.48. The largest absolute Gasteiger partial charge is 0.393 e. The van der Waals surface area contributed by atoms with Crippen molar-refractivity contribution in [2.24, 2.45) is 51.8 Å². The molecule has 0 aromatic rings. The van der Waals surface area contributed by atoms with Gasteiger partial charge in [0.1, 0.15) is 0 Å². The molecule has 4 fully saturated rings. The third-order valence-corrected chi connectivity index (χ3v) is 11.6. The molecule has 0 aromatic carbocycles. The average Bonchev–Trinajstić information content (AvgIpc) is 3.07. The van der Waals surface area contributed by atoms with Gasteiger partial charge in [-0.05, 0) is 116 Å². The number of hydrogen-bond donors (Lipinski definition) is 2. The second kappa shape index (κ2) is 8.58. The van der Waals surface area contributed by atoms with Crippen molar-refractivity contribution in [3.63, 3.8) is 0 Å². The second-order valence-corrected chi connectivity index (χ2v) is 13.9. The van der Waals surface area contributed by atoms with Crippen LogP contribution in [0, 0.1) is 51.8 Å². The number of hydrogen-bond acceptors (Lipinski definition) is 2. The van der Waals surface area contributed by atoms with Gasteiger partial charge in [-0.25, -0.2) is 0 Å². The summed E-state index contributed by atoms with van der Waals surface area (Å²) in [6.07, 6.45) is 11.6. The third kappa shape index (κ3) is 3.87. The maximum absolute atomic E-state index is 12.5. The van der Waals surface area contributed by atoms with Crippen LogP contribution in [-0.4, -0.2) is 23.2 Å². The monoisotopic (exact) mass is 445 g/mol. The first-order chi connectivity index (χ1) is 14.9. The SMILES string of the molecule is CC(C)CCC(=O)N[C@@H](C)[C@H]1CC[C@]2(C)[C@@H]1CC[C@H]1[C@H]2CC[C@H]2C(C)(C)[C@@H](O)CC[C@]12C. The van der Waals surface area contributed by atoms with Gasteiger partial charge in [0.05, 0.1) is 6.10 Å². The molecular formula is C29H51NO2. The van der Waals surface area contributed by atoms with Gasteiger partial charge in [-0.1, -0.05) is 41.5 Å². The Labute approximate surface area is 197 Å². The third-order valence-electron chi connectivity index (χ3n) is 11.6. The van der Waals surface area contributed by atoms with Crippen molar-refractivity contribution in [1.82, 2.24) is 5.32 Å². The molecule has 1 amide bonds. The molecule has 4 rings (SSSR count). The van der Waals surface area contributed by atoms with Crippen LogP contribution < -0.4 is 5.32 Å². The zero-order valence-electron chi connectivity index (χ0n) is 22.0. The maximum Gasteiger partial charge on any atom is 0.220 e. The zero-order valence-corrected chi connectivity index (χ0v) is 22.0. The fourth-order valence-electron chi connectivity index (χ4n) is 9.72. The normalized spacial score (nSPS) is 46.2. The van der Waals surface area contributed by atoms with E-state index in [0.717, 1.165) is 30.6 Å².